The van der Waals surface area contributed by atoms with Crippen molar-refractivity contribution in [2.24, 2.45) is 4.99 Å². The molecule has 0 saturated heterocycles. The number of aliphatic imine (C=N–C) groups is 1. The highest BCUT2D eigenvalue weighted by molar-refractivity contribution is 14.0. The molecule has 0 fully saturated rings. The topological polar surface area (TPSA) is 78.4 Å². The molecule has 1 heterocycles. The van der Waals surface area contributed by atoms with Crippen molar-refractivity contribution in [3.05, 3.63) is 45.7 Å². The van der Waals surface area contributed by atoms with E-state index >= 15 is 0 Å². The number of hydrogen-bond acceptors (Lipinski definition) is 4. The normalized spacial score (nSPS) is 11.2. The van der Waals surface area contributed by atoms with Gasteiger partial charge in [0.2, 0.25) is 5.91 Å². The molecule has 28 heavy (non-hydrogen) atoms. The fourth-order valence-corrected chi connectivity index (χ4v) is 2.93. The largest absolute Gasteiger partial charge is 0.350 e. The van der Waals surface area contributed by atoms with E-state index in [1.807, 2.05) is 5.38 Å². The molecule has 0 aliphatic heterocycles. The minimum absolute atomic E-state index is 0. The zero-order chi connectivity index (χ0) is 20.0. The molecule has 0 bridgehead atoms. The molecular formula is C17H21F3IN5OS. The zero-order valence-electron chi connectivity index (χ0n) is 15.5. The van der Waals surface area contributed by atoms with Gasteiger partial charge in [-0.1, -0.05) is 13.8 Å². The van der Waals surface area contributed by atoms with Gasteiger partial charge in [-0.2, -0.15) is 0 Å². The Morgan fingerprint density at radius 1 is 1.21 bits per heavy atom. The van der Waals surface area contributed by atoms with Gasteiger partial charge in [0.1, 0.15) is 5.01 Å². The summed E-state index contributed by atoms with van der Waals surface area (Å²) in [5.41, 5.74) is 0.570. The third-order valence-corrected chi connectivity index (χ3v) is 4.38. The predicted octanol–water partition coefficient (Wildman–Crippen LogP) is 3.61. The van der Waals surface area contributed by atoms with Gasteiger partial charge < -0.3 is 16.0 Å². The quantitative estimate of drug-likeness (QED) is 0.232. The van der Waals surface area contributed by atoms with Crippen LogP contribution in [0.5, 0.6) is 0 Å². The first-order valence-corrected chi connectivity index (χ1v) is 9.02. The molecule has 154 valence electrons. The predicted molar refractivity (Wildman–Crippen MR) is 115 cm³/mol. The molecule has 0 spiro atoms. The van der Waals surface area contributed by atoms with Crippen LogP contribution in [0.1, 0.15) is 30.5 Å². The van der Waals surface area contributed by atoms with Crippen LogP contribution >= 0.6 is 35.3 Å². The van der Waals surface area contributed by atoms with Crippen LogP contribution in [0.2, 0.25) is 0 Å². The van der Waals surface area contributed by atoms with Gasteiger partial charge in [-0.3, -0.25) is 9.79 Å². The third-order valence-electron chi connectivity index (χ3n) is 3.52. The Bertz CT molecular complexity index is 844. The third kappa shape index (κ3) is 6.62. The van der Waals surface area contributed by atoms with Gasteiger partial charge in [-0.15, -0.1) is 35.3 Å². The molecule has 0 radical (unpaired) electrons. The van der Waals surface area contributed by atoms with Crippen molar-refractivity contribution in [3.63, 3.8) is 0 Å². The van der Waals surface area contributed by atoms with Crippen LogP contribution in [-0.2, 0) is 11.3 Å². The Balaban J connectivity index is 0.00000392. The van der Waals surface area contributed by atoms with E-state index in [1.165, 1.54) is 18.4 Å². The van der Waals surface area contributed by atoms with Crippen LogP contribution in [0.25, 0.3) is 0 Å². The summed E-state index contributed by atoms with van der Waals surface area (Å²) in [6.45, 7) is 4.30. The van der Waals surface area contributed by atoms with E-state index in [-0.39, 0.29) is 30.5 Å². The van der Waals surface area contributed by atoms with Gasteiger partial charge >= 0.3 is 0 Å². The van der Waals surface area contributed by atoms with E-state index in [9.17, 15) is 18.0 Å². The zero-order valence-corrected chi connectivity index (χ0v) is 18.6. The summed E-state index contributed by atoms with van der Waals surface area (Å²) in [6, 6.07) is 1.69. The van der Waals surface area contributed by atoms with Crippen LogP contribution in [0.3, 0.4) is 0 Å². The van der Waals surface area contributed by atoms with Crippen molar-refractivity contribution < 1.29 is 18.0 Å². The molecule has 2 aromatic rings. The van der Waals surface area contributed by atoms with E-state index < -0.39 is 29.0 Å². The number of carbonyl (C=O) groups excluding carboxylic acids is 1. The number of halogens is 4. The number of aromatic nitrogens is 1. The van der Waals surface area contributed by atoms with Gasteiger partial charge in [0, 0.05) is 12.4 Å². The van der Waals surface area contributed by atoms with Crippen LogP contribution in [0.4, 0.5) is 18.9 Å². The van der Waals surface area contributed by atoms with Crippen molar-refractivity contribution in [1.82, 2.24) is 15.6 Å². The van der Waals surface area contributed by atoms with E-state index in [2.05, 4.69) is 39.8 Å². The summed E-state index contributed by atoms with van der Waals surface area (Å²) < 4.78 is 39.6. The summed E-state index contributed by atoms with van der Waals surface area (Å²) in [5, 5.41) is 10.8. The number of carbonyl (C=O) groups is 1. The molecule has 3 N–H and O–H groups in total. The molecule has 0 unspecified atom stereocenters. The number of rotatable bonds is 6. The Hall–Kier alpha value is -1.89. The number of thiazole rings is 1. The smallest absolute Gasteiger partial charge is 0.243 e. The van der Waals surface area contributed by atoms with Crippen LogP contribution in [0.15, 0.2) is 22.5 Å². The summed E-state index contributed by atoms with van der Waals surface area (Å²) in [6.07, 6.45) is 0. The van der Waals surface area contributed by atoms with E-state index in [0.29, 0.717) is 18.4 Å². The van der Waals surface area contributed by atoms with Crippen LogP contribution in [0, 0.1) is 17.5 Å². The van der Waals surface area contributed by atoms with Gasteiger partial charge in [0.25, 0.3) is 0 Å². The number of benzene rings is 1. The van der Waals surface area contributed by atoms with Crippen molar-refractivity contribution >= 4 is 52.9 Å². The highest BCUT2D eigenvalue weighted by Gasteiger charge is 2.15. The van der Waals surface area contributed by atoms with Crippen LogP contribution < -0.4 is 16.0 Å². The maximum Gasteiger partial charge on any atom is 0.243 e. The van der Waals surface area contributed by atoms with Crippen molar-refractivity contribution in [2.45, 2.75) is 26.3 Å². The maximum atomic E-state index is 13.6. The summed E-state index contributed by atoms with van der Waals surface area (Å²) in [4.78, 5) is 20.3. The standard InChI is InChI=1S/C17H20F3N5OS.HI/c1-9(2)12-8-27-14(25-12)7-23-17(21-3)22-6-13(26)24-11-5-4-10(18)15(19)16(11)20;/h4-5,8-9H,6-7H2,1-3H3,(H,24,26)(H2,21,22,23);1H. The van der Waals surface area contributed by atoms with E-state index in [1.54, 1.807) is 0 Å². The van der Waals surface area contributed by atoms with Gasteiger partial charge in [0.15, 0.2) is 23.4 Å². The highest BCUT2D eigenvalue weighted by atomic mass is 127. The number of nitrogens with one attached hydrogen (secondary N) is 3. The molecule has 0 aliphatic carbocycles. The lowest BCUT2D eigenvalue weighted by Gasteiger charge is -2.11. The summed E-state index contributed by atoms with van der Waals surface area (Å²) >= 11 is 1.52. The first-order valence-electron chi connectivity index (χ1n) is 8.14. The number of hydrogen-bond donors (Lipinski definition) is 3. The molecule has 1 amide bonds. The van der Waals surface area contributed by atoms with Crippen molar-refractivity contribution in [2.75, 3.05) is 18.9 Å². The summed E-state index contributed by atoms with van der Waals surface area (Å²) in [7, 11) is 1.53. The van der Waals surface area contributed by atoms with Crippen molar-refractivity contribution in [1.29, 1.82) is 0 Å². The fraction of sp³-hybridized carbons (Fsp3) is 0.353. The number of amides is 1. The molecule has 6 nitrogen and oxygen atoms in total. The van der Waals surface area contributed by atoms with E-state index in [0.717, 1.165) is 22.8 Å². The Labute approximate surface area is 182 Å². The van der Waals surface area contributed by atoms with Gasteiger partial charge in [-0.25, -0.2) is 18.2 Å². The van der Waals surface area contributed by atoms with Crippen molar-refractivity contribution in [3.8, 4) is 0 Å². The maximum absolute atomic E-state index is 13.6. The number of nitrogens with zero attached hydrogens (tertiary/aromatic N) is 2. The minimum atomic E-state index is -1.64. The molecule has 1 aromatic carbocycles. The lowest BCUT2D eigenvalue weighted by molar-refractivity contribution is -0.115. The molecule has 11 heteroatoms. The molecular weight excluding hydrogens is 506 g/mol. The Morgan fingerprint density at radius 3 is 2.54 bits per heavy atom. The molecule has 0 aliphatic rings. The fourth-order valence-electron chi connectivity index (χ4n) is 2.03. The second kappa shape index (κ2) is 11.2. The van der Waals surface area contributed by atoms with E-state index in [4.69, 9.17) is 0 Å². The minimum Gasteiger partial charge on any atom is -0.350 e. The molecule has 2 rings (SSSR count). The molecule has 0 saturated carbocycles. The second-order valence-electron chi connectivity index (χ2n) is 5.87. The Kier molecular flexibility index (Phi) is 9.65. The average Bonchev–Trinajstić information content (AvgIpc) is 3.12. The van der Waals surface area contributed by atoms with Crippen LogP contribution in [-0.4, -0.2) is 30.4 Å². The second-order valence-corrected chi connectivity index (χ2v) is 6.81. The lowest BCUT2D eigenvalue weighted by atomic mass is 10.2. The first kappa shape index (κ1) is 24.1. The number of guanidine groups is 1. The first-order chi connectivity index (χ1) is 12.8. The SMILES string of the molecule is CN=C(NCC(=O)Nc1ccc(F)c(F)c1F)NCc1nc(C(C)C)cs1.I. The van der Waals surface area contributed by atoms with Gasteiger partial charge in [0.05, 0.1) is 24.5 Å². The Morgan fingerprint density at radius 2 is 1.93 bits per heavy atom. The summed E-state index contributed by atoms with van der Waals surface area (Å²) in [5.74, 6) is -4.36. The number of anilines is 1. The van der Waals surface area contributed by atoms with Gasteiger partial charge in [-0.05, 0) is 18.1 Å². The average molecular weight is 527 g/mol. The molecule has 1 aromatic heterocycles. The lowest BCUT2D eigenvalue weighted by Crippen LogP contribution is -2.41. The molecule has 0 atom stereocenters. The monoisotopic (exact) mass is 527 g/mol. The highest BCUT2D eigenvalue weighted by Crippen LogP contribution is 2.19.